The fourth-order valence-electron chi connectivity index (χ4n) is 6.26. The van der Waals surface area contributed by atoms with Crippen molar-refractivity contribution in [2.45, 2.75) is 74.9 Å². The molecular formula is C28H31F2N3O4S. The van der Waals surface area contributed by atoms with E-state index in [9.17, 15) is 18.3 Å². The third-order valence-electron chi connectivity index (χ3n) is 7.94. The van der Waals surface area contributed by atoms with Gasteiger partial charge in [-0.05, 0) is 62.8 Å². The molecule has 0 radical (unpaired) electrons. The number of aliphatic hydroxyl groups is 1. The summed E-state index contributed by atoms with van der Waals surface area (Å²) in [5, 5.41) is 9.76. The molecule has 2 fully saturated rings. The average Bonchev–Trinajstić information content (AvgIpc) is 2.84. The highest BCUT2D eigenvalue weighted by molar-refractivity contribution is 7.89. The first-order valence-electron chi connectivity index (χ1n) is 12.7. The van der Waals surface area contributed by atoms with Crippen molar-refractivity contribution in [1.29, 1.82) is 0 Å². The molecule has 38 heavy (non-hydrogen) atoms. The molecule has 1 saturated carbocycles. The number of halogens is 2. The number of aromatic nitrogens is 2. The van der Waals surface area contributed by atoms with Gasteiger partial charge in [0.15, 0.2) is 0 Å². The van der Waals surface area contributed by atoms with E-state index in [1.807, 2.05) is 6.07 Å². The summed E-state index contributed by atoms with van der Waals surface area (Å²) in [5.41, 5.74) is -1.78. The lowest BCUT2D eigenvalue weighted by molar-refractivity contribution is -0.0835. The van der Waals surface area contributed by atoms with Crippen LogP contribution in [0.4, 0.5) is 8.78 Å². The lowest BCUT2D eigenvalue weighted by Crippen LogP contribution is -2.56. The quantitative estimate of drug-likeness (QED) is 0.506. The second-order valence-corrected chi connectivity index (χ2v) is 13.1. The molecule has 2 heterocycles. The van der Waals surface area contributed by atoms with Crippen LogP contribution in [0.5, 0.6) is 0 Å². The van der Waals surface area contributed by atoms with Gasteiger partial charge >= 0.3 is 0 Å². The number of hydrogen-bond acceptors (Lipinski definition) is 5. The maximum atomic E-state index is 15.7. The molecule has 5 rings (SSSR count). The van der Waals surface area contributed by atoms with Gasteiger partial charge in [0.05, 0.1) is 11.8 Å². The zero-order valence-electron chi connectivity index (χ0n) is 21.3. The minimum absolute atomic E-state index is 0.0521. The van der Waals surface area contributed by atoms with E-state index in [0.717, 1.165) is 18.3 Å². The van der Waals surface area contributed by atoms with Gasteiger partial charge < -0.3 is 9.67 Å². The molecular weight excluding hydrogens is 512 g/mol. The average molecular weight is 544 g/mol. The van der Waals surface area contributed by atoms with Gasteiger partial charge in [-0.2, -0.15) is 4.31 Å². The van der Waals surface area contributed by atoms with Gasteiger partial charge in [0, 0.05) is 42.5 Å². The normalized spacial score (nSPS) is 29.1. The first kappa shape index (κ1) is 26.6. The van der Waals surface area contributed by atoms with Gasteiger partial charge in [-0.15, -0.1) is 0 Å². The minimum Gasteiger partial charge on any atom is -0.390 e. The second-order valence-electron chi connectivity index (χ2n) is 11.0. The highest BCUT2D eigenvalue weighted by atomic mass is 32.2. The zero-order chi connectivity index (χ0) is 27.3. The van der Waals surface area contributed by atoms with Crippen molar-refractivity contribution in [2.24, 2.45) is 0 Å². The first-order valence-corrected chi connectivity index (χ1v) is 14.2. The van der Waals surface area contributed by atoms with E-state index in [2.05, 4.69) is 4.98 Å². The Hall–Kier alpha value is -2.95. The van der Waals surface area contributed by atoms with Gasteiger partial charge in [-0.25, -0.2) is 17.2 Å². The van der Waals surface area contributed by atoms with Crippen LogP contribution in [0.25, 0.3) is 0 Å². The van der Waals surface area contributed by atoms with Crippen LogP contribution in [0.1, 0.15) is 61.5 Å². The molecule has 0 spiro atoms. The van der Waals surface area contributed by atoms with Crippen LogP contribution < -0.4 is 5.56 Å². The van der Waals surface area contributed by atoms with Crippen molar-refractivity contribution in [1.82, 2.24) is 13.9 Å². The summed E-state index contributed by atoms with van der Waals surface area (Å²) >= 11 is 0. The Labute approximate surface area is 220 Å². The smallest absolute Gasteiger partial charge is 0.269 e. The molecule has 10 heteroatoms. The van der Waals surface area contributed by atoms with Crippen LogP contribution in [0, 0.1) is 11.6 Å². The number of nitrogens with zero attached hydrogens (tertiary/aromatic N) is 3. The van der Waals surface area contributed by atoms with Crippen LogP contribution in [-0.2, 0) is 28.5 Å². The summed E-state index contributed by atoms with van der Waals surface area (Å²) in [7, 11) is -3.82. The summed E-state index contributed by atoms with van der Waals surface area (Å²) in [6.07, 6.45) is 5.39. The van der Waals surface area contributed by atoms with Gasteiger partial charge in [-0.3, -0.25) is 9.78 Å². The summed E-state index contributed by atoms with van der Waals surface area (Å²) in [6.45, 7) is 3.16. The highest BCUT2D eigenvalue weighted by Gasteiger charge is 2.53. The van der Waals surface area contributed by atoms with E-state index < -0.39 is 37.9 Å². The number of rotatable bonds is 6. The predicted molar refractivity (Wildman–Crippen MR) is 139 cm³/mol. The van der Waals surface area contributed by atoms with Gasteiger partial charge in [0.1, 0.15) is 16.9 Å². The van der Waals surface area contributed by atoms with Gasteiger partial charge in [0.2, 0.25) is 10.0 Å². The molecule has 1 aromatic heterocycles. The molecule has 0 bridgehead atoms. The molecule has 7 nitrogen and oxygen atoms in total. The topological polar surface area (TPSA) is 92.5 Å². The molecule has 2 aromatic carbocycles. The molecule has 1 aliphatic carbocycles. The molecule has 1 saturated heterocycles. The number of hydrogen-bond donors (Lipinski definition) is 1. The number of benzene rings is 2. The van der Waals surface area contributed by atoms with E-state index in [1.54, 1.807) is 38.1 Å². The predicted octanol–water partition coefficient (Wildman–Crippen LogP) is 4.06. The molecule has 202 valence electrons. The third-order valence-corrected chi connectivity index (χ3v) is 10.3. The minimum atomic E-state index is -3.82. The maximum Gasteiger partial charge on any atom is 0.269 e. The van der Waals surface area contributed by atoms with Crippen LogP contribution in [-0.4, -0.2) is 39.0 Å². The lowest BCUT2D eigenvalue weighted by Gasteiger charge is -2.52. The van der Waals surface area contributed by atoms with E-state index in [1.165, 1.54) is 21.3 Å². The standard InChI is InChI=1S/C28H31F2N3O4S/c1-19-8-9-25(20-6-4-3-5-7-20)38(36,37)33(19)15-21-12-24(30)22(13-23(21)29)28(16-27(2,35)17-28)18-32-11-10-31-14-26(32)34/h3-7,10-14,19,25,35H,8-9,15-18H2,1-2H3/t19-,25+,27-,28+/m0/s1. The third kappa shape index (κ3) is 4.81. The Morgan fingerprint density at radius 2 is 1.82 bits per heavy atom. The van der Waals surface area contributed by atoms with Crippen LogP contribution in [0.15, 0.2) is 65.8 Å². The van der Waals surface area contributed by atoms with Crippen molar-refractivity contribution in [3.63, 3.8) is 0 Å². The molecule has 3 aromatic rings. The van der Waals surface area contributed by atoms with Crippen LogP contribution in [0.2, 0.25) is 0 Å². The van der Waals surface area contributed by atoms with E-state index in [-0.39, 0.29) is 48.7 Å². The van der Waals surface area contributed by atoms with Crippen molar-refractivity contribution >= 4 is 10.0 Å². The number of sulfonamides is 1. The highest BCUT2D eigenvalue weighted by Crippen LogP contribution is 2.52. The van der Waals surface area contributed by atoms with Crippen molar-refractivity contribution in [3.8, 4) is 0 Å². The monoisotopic (exact) mass is 543 g/mol. The zero-order valence-corrected chi connectivity index (χ0v) is 22.2. The van der Waals surface area contributed by atoms with Gasteiger partial charge in [-0.1, -0.05) is 30.3 Å². The molecule has 1 N–H and O–H groups in total. The SMILES string of the molecule is C[C@H]1CC[C@H](c2ccccc2)S(=O)(=O)N1Cc1cc(F)c([C@]2(Cn3ccncc3=O)C[C@](C)(O)C2)cc1F. The Bertz CT molecular complexity index is 1500. The largest absolute Gasteiger partial charge is 0.390 e. The fraction of sp³-hybridized carbons (Fsp3) is 0.429. The molecule has 1 aliphatic heterocycles. The molecule has 2 atom stereocenters. The van der Waals surface area contributed by atoms with E-state index >= 15 is 8.78 Å². The molecule has 0 unspecified atom stereocenters. The van der Waals surface area contributed by atoms with E-state index in [4.69, 9.17) is 0 Å². The molecule has 2 aliphatic rings. The lowest BCUT2D eigenvalue weighted by atomic mass is 9.56. The van der Waals surface area contributed by atoms with Crippen LogP contribution >= 0.6 is 0 Å². The fourth-order valence-corrected chi connectivity index (χ4v) is 8.45. The second kappa shape index (κ2) is 9.66. The maximum absolute atomic E-state index is 15.7. The Balaban J connectivity index is 1.47. The van der Waals surface area contributed by atoms with Crippen molar-refractivity contribution in [2.75, 3.05) is 0 Å². The summed E-state index contributed by atoms with van der Waals surface area (Å²) in [6, 6.07) is 10.7. The summed E-state index contributed by atoms with van der Waals surface area (Å²) < 4.78 is 61.0. The van der Waals surface area contributed by atoms with Crippen molar-refractivity contribution in [3.05, 3.63) is 99.7 Å². The van der Waals surface area contributed by atoms with Crippen molar-refractivity contribution < 1.29 is 22.3 Å². The Kier molecular flexibility index (Phi) is 6.77. The Morgan fingerprint density at radius 1 is 1.11 bits per heavy atom. The molecule has 0 amide bonds. The van der Waals surface area contributed by atoms with E-state index in [0.29, 0.717) is 18.4 Å². The first-order chi connectivity index (χ1) is 17.9. The summed E-state index contributed by atoms with van der Waals surface area (Å²) in [5.74, 6) is -1.42. The van der Waals surface area contributed by atoms with Gasteiger partial charge in [0.25, 0.3) is 5.56 Å². The Morgan fingerprint density at radius 3 is 2.47 bits per heavy atom. The van der Waals surface area contributed by atoms with Crippen LogP contribution in [0.3, 0.4) is 0 Å². The summed E-state index contributed by atoms with van der Waals surface area (Å²) in [4.78, 5) is 16.1.